The average molecular weight is 444 g/mol. The summed E-state index contributed by atoms with van der Waals surface area (Å²) >= 11 is 0. The highest BCUT2D eigenvalue weighted by Gasteiger charge is 2.17. The zero-order valence-corrected chi connectivity index (χ0v) is 18.9. The van der Waals surface area contributed by atoms with Crippen LogP contribution >= 0.6 is 0 Å². The molecule has 0 aliphatic heterocycles. The number of carbonyl (C=O) groups excluding carboxylic acids is 3. The lowest BCUT2D eigenvalue weighted by atomic mass is 10.2. The van der Waals surface area contributed by atoms with Gasteiger partial charge in [-0.1, -0.05) is 13.0 Å². The van der Waals surface area contributed by atoms with Gasteiger partial charge in [0.05, 0.1) is 13.7 Å². The Morgan fingerprint density at radius 2 is 1.56 bits per heavy atom. The van der Waals surface area contributed by atoms with E-state index in [1.54, 1.807) is 51.1 Å². The van der Waals surface area contributed by atoms with Crippen LogP contribution < -0.4 is 25.6 Å². The quantitative estimate of drug-likeness (QED) is 0.559. The Balaban J connectivity index is 1.99. The summed E-state index contributed by atoms with van der Waals surface area (Å²) in [5.74, 6) is -0.134. The van der Waals surface area contributed by atoms with Gasteiger partial charge in [0.15, 0.2) is 11.5 Å². The minimum atomic E-state index is -0.646. The van der Waals surface area contributed by atoms with E-state index in [1.165, 1.54) is 19.2 Å². The summed E-state index contributed by atoms with van der Waals surface area (Å²) in [6, 6.07) is 11.0. The number of rotatable bonds is 7. The first kappa shape index (κ1) is 24.5. The van der Waals surface area contributed by atoms with Crippen LogP contribution in [0.4, 0.5) is 10.5 Å². The molecular weight excluding hydrogens is 414 g/mol. The molecule has 9 nitrogen and oxygen atoms in total. The molecule has 2 aromatic carbocycles. The van der Waals surface area contributed by atoms with E-state index in [0.29, 0.717) is 23.8 Å². The number of hydrogen-bond acceptors (Lipinski definition) is 6. The fraction of sp³-hybridized carbons (Fsp3) is 0.348. The van der Waals surface area contributed by atoms with Gasteiger partial charge in [-0.05, 0) is 63.6 Å². The fourth-order valence-electron chi connectivity index (χ4n) is 2.56. The topological polar surface area (TPSA) is 115 Å². The van der Waals surface area contributed by atoms with Gasteiger partial charge in [0.25, 0.3) is 11.8 Å². The van der Waals surface area contributed by atoms with Gasteiger partial charge in [-0.15, -0.1) is 0 Å². The molecule has 172 valence electrons. The van der Waals surface area contributed by atoms with Crippen LogP contribution in [0.25, 0.3) is 0 Å². The number of hydrogen-bond donors (Lipinski definition) is 3. The first-order valence-corrected chi connectivity index (χ1v) is 10.1. The number of hydrazine groups is 1. The molecule has 0 aliphatic carbocycles. The van der Waals surface area contributed by atoms with Crippen molar-refractivity contribution >= 4 is 23.6 Å². The third-order valence-electron chi connectivity index (χ3n) is 3.95. The largest absolute Gasteiger partial charge is 0.493 e. The number of benzene rings is 2. The molecule has 0 fully saturated rings. The summed E-state index contributed by atoms with van der Waals surface area (Å²) in [7, 11) is 1.48. The average Bonchev–Trinajstić information content (AvgIpc) is 2.74. The van der Waals surface area contributed by atoms with Crippen LogP contribution in [0.2, 0.25) is 0 Å². The Morgan fingerprint density at radius 1 is 0.906 bits per heavy atom. The highest BCUT2D eigenvalue weighted by Crippen LogP contribution is 2.28. The molecule has 0 unspecified atom stereocenters. The maximum atomic E-state index is 12.4. The van der Waals surface area contributed by atoms with E-state index in [9.17, 15) is 14.4 Å². The zero-order valence-electron chi connectivity index (χ0n) is 18.9. The summed E-state index contributed by atoms with van der Waals surface area (Å²) in [5, 5.41) is 2.56. The lowest BCUT2D eigenvalue weighted by Crippen LogP contribution is -2.41. The van der Waals surface area contributed by atoms with Gasteiger partial charge < -0.3 is 14.2 Å². The first-order valence-electron chi connectivity index (χ1n) is 10.1. The van der Waals surface area contributed by atoms with E-state index in [-0.39, 0.29) is 11.1 Å². The zero-order chi connectivity index (χ0) is 23.7. The van der Waals surface area contributed by atoms with Crippen LogP contribution in [-0.4, -0.2) is 37.2 Å². The second-order valence-corrected chi connectivity index (χ2v) is 7.83. The molecule has 3 amide bonds. The van der Waals surface area contributed by atoms with E-state index < -0.39 is 23.5 Å². The second kappa shape index (κ2) is 11.0. The minimum absolute atomic E-state index is 0.236. The van der Waals surface area contributed by atoms with E-state index in [1.807, 2.05) is 6.92 Å². The van der Waals surface area contributed by atoms with Crippen molar-refractivity contribution in [2.45, 2.75) is 39.7 Å². The predicted octanol–water partition coefficient (Wildman–Crippen LogP) is 3.91. The number of amides is 3. The van der Waals surface area contributed by atoms with Crippen molar-refractivity contribution in [3.63, 3.8) is 0 Å². The van der Waals surface area contributed by atoms with Crippen molar-refractivity contribution in [2.24, 2.45) is 0 Å². The molecule has 2 aromatic rings. The molecule has 0 saturated carbocycles. The summed E-state index contributed by atoms with van der Waals surface area (Å²) in [4.78, 5) is 36.8. The Bertz CT molecular complexity index is 968. The van der Waals surface area contributed by atoms with Crippen molar-refractivity contribution in [1.29, 1.82) is 0 Å². The van der Waals surface area contributed by atoms with Gasteiger partial charge in [0.1, 0.15) is 5.60 Å². The highest BCUT2D eigenvalue weighted by molar-refractivity contribution is 6.00. The van der Waals surface area contributed by atoms with Gasteiger partial charge in [-0.25, -0.2) is 4.79 Å². The van der Waals surface area contributed by atoms with Crippen LogP contribution in [0.15, 0.2) is 42.5 Å². The third-order valence-corrected chi connectivity index (χ3v) is 3.95. The Kier molecular flexibility index (Phi) is 8.46. The summed E-state index contributed by atoms with van der Waals surface area (Å²) in [6.07, 6.45) is 0.204. The number of ether oxygens (including phenoxy) is 3. The lowest BCUT2D eigenvalue weighted by molar-refractivity contribution is 0.0635. The van der Waals surface area contributed by atoms with Crippen LogP contribution in [0.3, 0.4) is 0 Å². The van der Waals surface area contributed by atoms with E-state index >= 15 is 0 Å². The molecule has 32 heavy (non-hydrogen) atoms. The van der Waals surface area contributed by atoms with Crippen molar-refractivity contribution < 1.29 is 28.6 Å². The van der Waals surface area contributed by atoms with E-state index in [0.717, 1.165) is 6.42 Å². The molecule has 0 radical (unpaired) electrons. The van der Waals surface area contributed by atoms with Crippen molar-refractivity contribution in [1.82, 2.24) is 10.9 Å². The molecule has 3 N–H and O–H groups in total. The third kappa shape index (κ3) is 7.50. The Morgan fingerprint density at radius 3 is 2.16 bits per heavy atom. The molecular formula is C23H29N3O6. The molecule has 0 spiro atoms. The standard InChI is InChI=1S/C23H29N3O6/c1-6-12-31-18-11-10-16(14-19(18)30-5)21(28)26-25-20(27)15-8-7-9-17(13-15)24-22(29)32-23(2,3)4/h7-11,13-14H,6,12H2,1-5H3,(H,24,29)(H,25,27)(H,26,28). The molecule has 0 bridgehead atoms. The van der Waals surface area contributed by atoms with Gasteiger partial charge in [-0.3, -0.25) is 25.8 Å². The summed E-state index contributed by atoms with van der Waals surface area (Å²) in [5.41, 5.74) is 4.96. The van der Waals surface area contributed by atoms with Gasteiger partial charge in [0, 0.05) is 16.8 Å². The summed E-state index contributed by atoms with van der Waals surface area (Å²) in [6.45, 7) is 7.77. The van der Waals surface area contributed by atoms with Gasteiger partial charge >= 0.3 is 6.09 Å². The molecule has 2 rings (SSSR count). The highest BCUT2D eigenvalue weighted by atomic mass is 16.6. The smallest absolute Gasteiger partial charge is 0.412 e. The minimum Gasteiger partial charge on any atom is -0.493 e. The Labute approximate surface area is 187 Å². The van der Waals surface area contributed by atoms with Crippen molar-refractivity contribution in [2.75, 3.05) is 19.0 Å². The van der Waals surface area contributed by atoms with Crippen molar-refractivity contribution in [3.8, 4) is 11.5 Å². The number of carbonyl (C=O) groups is 3. The lowest BCUT2D eigenvalue weighted by Gasteiger charge is -2.19. The molecule has 0 heterocycles. The SMILES string of the molecule is CCCOc1ccc(C(=O)NNC(=O)c2cccc(NC(=O)OC(C)(C)C)c2)cc1OC. The molecule has 0 saturated heterocycles. The maximum Gasteiger partial charge on any atom is 0.412 e. The molecule has 9 heteroatoms. The number of methoxy groups -OCH3 is 1. The van der Waals surface area contributed by atoms with Gasteiger partial charge in [-0.2, -0.15) is 0 Å². The second-order valence-electron chi connectivity index (χ2n) is 7.83. The maximum absolute atomic E-state index is 12.4. The van der Waals surface area contributed by atoms with Gasteiger partial charge in [0.2, 0.25) is 0 Å². The van der Waals surface area contributed by atoms with E-state index in [2.05, 4.69) is 16.2 Å². The van der Waals surface area contributed by atoms with Crippen molar-refractivity contribution in [3.05, 3.63) is 53.6 Å². The van der Waals surface area contributed by atoms with Crippen LogP contribution in [-0.2, 0) is 4.74 Å². The van der Waals surface area contributed by atoms with Crippen LogP contribution in [0.5, 0.6) is 11.5 Å². The van der Waals surface area contributed by atoms with Crippen LogP contribution in [0, 0.1) is 0 Å². The predicted molar refractivity (Wildman–Crippen MR) is 120 cm³/mol. The normalized spacial score (nSPS) is 10.7. The monoisotopic (exact) mass is 443 g/mol. The molecule has 0 atom stereocenters. The number of anilines is 1. The molecule has 0 aliphatic rings. The Hall–Kier alpha value is -3.75. The van der Waals surface area contributed by atoms with E-state index in [4.69, 9.17) is 14.2 Å². The number of nitrogens with one attached hydrogen (secondary N) is 3. The molecule has 0 aromatic heterocycles. The summed E-state index contributed by atoms with van der Waals surface area (Å²) < 4.78 is 16.0. The first-order chi connectivity index (χ1) is 15.1. The van der Waals surface area contributed by atoms with Crippen LogP contribution in [0.1, 0.15) is 54.8 Å². The fourth-order valence-corrected chi connectivity index (χ4v) is 2.56.